The molecular formula is C19H30N2. The van der Waals surface area contributed by atoms with Gasteiger partial charge in [-0.05, 0) is 36.8 Å². The summed E-state index contributed by atoms with van der Waals surface area (Å²) < 4.78 is 0. The van der Waals surface area contributed by atoms with Crippen LogP contribution in [0.2, 0.25) is 0 Å². The van der Waals surface area contributed by atoms with Crippen molar-refractivity contribution in [3.8, 4) is 0 Å². The minimum Gasteiger partial charge on any atom is -0.326 e. The molecule has 0 aliphatic carbocycles. The van der Waals surface area contributed by atoms with Gasteiger partial charge in [-0.15, -0.1) is 0 Å². The van der Waals surface area contributed by atoms with Gasteiger partial charge in [-0.3, -0.25) is 4.90 Å². The summed E-state index contributed by atoms with van der Waals surface area (Å²) in [5, 5.41) is 0. The molecule has 1 aromatic carbocycles. The van der Waals surface area contributed by atoms with Crippen LogP contribution < -0.4 is 5.73 Å². The first-order valence-corrected chi connectivity index (χ1v) is 8.05. The Morgan fingerprint density at radius 1 is 1.19 bits per heavy atom. The smallest absolute Gasteiger partial charge is 0.0502 e. The molecule has 0 aromatic heterocycles. The van der Waals surface area contributed by atoms with E-state index in [-0.39, 0.29) is 6.04 Å². The number of aryl methyl sites for hydroxylation is 1. The molecule has 1 heterocycles. The van der Waals surface area contributed by atoms with Crippen LogP contribution in [0.5, 0.6) is 0 Å². The van der Waals surface area contributed by atoms with Crippen LogP contribution in [0.3, 0.4) is 0 Å². The van der Waals surface area contributed by atoms with Gasteiger partial charge in [0.15, 0.2) is 0 Å². The van der Waals surface area contributed by atoms with Crippen molar-refractivity contribution in [3.63, 3.8) is 0 Å². The monoisotopic (exact) mass is 286 g/mol. The van der Waals surface area contributed by atoms with Crippen molar-refractivity contribution in [2.75, 3.05) is 13.1 Å². The van der Waals surface area contributed by atoms with Gasteiger partial charge in [0.05, 0.1) is 6.04 Å². The molecule has 116 valence electrons. The quantitative estimate of drug-likeness (QED) is 0.849. The standard InChI is InChI=1S/C19H30N2/c1-14-8-6-7-9-17(14)18(15(2)20)21-12-10-16(11-13-21)19(3,4)5/h6-10,15,18H,11-13,20H2,1-5H3. The number of hydrogen-bond donors (Lipinski definition) is 1. The normalized spacial score (nSPS) is 20.0. The average molecular weight is 286 g/mol. The van der Waals surface area contributed by atoms with Crippen molar-refractivity contribution in [1.29, 1.82) is 0 Å². The van der Waals surface area contributed by atoms with Crippen molar-refractivity contribution < 1.29 is 0 Å². The van der Waals surface area contributed by atoms with Crippen LogP contribution in [0.4, 0.5) is 0 Å². The van der Waals surface area contributed by atoms with Gasteiger partial charge in [0.2, 0.25) is 0 Å². The predicted molar refractivity (Wildman–Crippen MR) is 91.3 cm³/mol. The fourth-order valence-corrected chi connectivity index (χ4v) is 3.35. The maximum absolute atomic E-state index is 6.33. The molecule has 2 N–H and O–H groups in total. The van der Waals surface area contributed by atoms with Crippen LogP contribution in [0, 0.1) is 12.3 Å². The average Bonchev–Trinajstić information content (AvgIpc) is 2.40. The highest BCUT2D eigenvalue weighted by molar-refractivity contribution is 5.30. The van der Waals surface area contributed by atoms with Crippen LogP contribution >= 0.6 is 0 Å². The number of rotatable bonds is 3. The molecular weight excluding hydrogens is 256 g/mol. The van der Waals surface area contributed by atoms with Crippen LogP contribution in [-0.4, -0.2) is 24.0 Å². The van der Waals surface area contributed by atoms with E-state index in [1.165, 1.54) is 11.1 Å². The molecule has 0 bridgehead atoms. The minimum absolute atomic E-state index is 0.135. The van der Waals surface area contributed by atoms with Crippen LogP contribution in [0.25, 0.3) is 0 Å². The van der Waals surface area contributed by atoms with Crippen molar-refractivity contribution in [2.45, 2.75) is 53.1 Å². The highest BCUT2D eigenvalue weighted by Crippen LogP contribution is 2.34. The predicted octanol–water partition coefficient (Wildman–Crippen LogP) is 4.06. The molecule has 2 unspecified atom stereocenters. The maximum Gasteiger partial charge on any atom is 0.0502 e. The van der Waals surface area contributed by atoms with Crippen LogP contribution in [0.1, 0.15) is 51.3 Å². The largest absolute Gasteiger partial charge is 0.326 e. The van der Waals surface area contributed by atoms with Gasteiger partial charge in [-0.2, -0.15) is 0 Å². The zero-order valence-corrected chi connectivity index (χ0v) is 14.2. The Labute approximate surface area is 130 Å². The van der Waals surface area contributed by atoms with Gasteiger partial charge in [-0.1, -0.05) is 56.7 Å². The number of benzene rings is 1. The first kappa shape index (κ1) is 16.3. The highest BCUT2D eigenvalue weighted by atomic mass is 15.2. The summed E-state index contributed by atoms with van der Waals surface area (Å²) in [6.07, 6.45) is 3.57. The summed E-state index contributed by atoms with van der Waals surface area (Å²) in [5.74, 6) is 0. The zero-order chi connectivity index (χ0) is 15.6. The Morgan fingerprint density at radius 2 is 1.86 bits per heavy atom. The van der Waals surface area contributed by atoms with Crippen molar-refractivity contribution >= 4 is 0 Å². The Bertz CT molecular complexity index is 509. The molecule has 0 amide bonds. The Hall–Kier alpha value is -1.12. The summed E-state index contributed by atoms with van der Waals surface area (Å²) in [4.78, 5) is 2.53. The number of nitrogens with zero attached hydrogens (tertiary/aromatic N) is 1. The van der Waals surface area contributed by atoms with Gasteiger partial charge in [0.1, 0.15) is 0 Å². The summed E-state index contributed by atoms with van der Waals surface area (Å²) >= 11 is 0. The molecule has 2 rings (SSSR count). The Morgan fingerprint density at radius 3 is 2.33 bits per heavy atom. The van der Waals surface area contributed by atoms with Gasteiger partial charge in [-0.25, -0.2) is 0 Å². The van der Waals surface area contributed by atoms with E-state index in [0.29, 0.717) is 11.5 Å². The molecule has 1 aromatic rings. The molecule has 2 nitrogen and oxygen atoms in total. The second kappa shape index (κ2) is 6.33. The van der Waals surface area contributed by atoms with Crippen molar-refractivity contribution in [3.05, 3.63) is 47.0 Å². The molecule has 0 fully saturated rings. The fraction of sp³-hybridized carbons (Fsp3) is 0.579. The lowest BCUT2D eigenvalue weighted by molar-refractivity contribution is 0.183. The van der Waals surface area contributed by atoms with Crippen LogP contribution in [-0.2, 0) is 0 Å². The molecule has 2 atom stereocenters. The number of nitrogens with two attached hydrogens (primary N) is 1. The fourth-order valence-electron chi connectivity index (χ4n) is 3.35. The molecule has 21 heavy (non-hydrogen) atoms. The van der Waals surface area contributed by atoms with Gasteiger partial charge in [0, 0.05) is 19.1 Å². The lowest BCUT2D eigenvalue weighted by atomic mass is 9.82. The van der Waals surface area contributed by atoms with E-state index in [2.05, 4.69) is 69.9 Å². The molecule has 0 radical (unpaired) electrons. The molecule has 1 aliphatic rings. The summed E-state index contributed by atoms with van der Waals surface area (Å²) in [5.41, 5.74) is 10.9. The van der Waals surface area contributed by atoms with E-state index < -0.39 is 0 Å². The summed E-state index contributed by atoms with van der Waals surface area (Å²) in [7, 11) is 0. The Balaban J connectivity index is 2.23. The third kappa shape index (κ3) is 3.75. The third-order valence-corrected chi connectivity index (χ3v) is 4.60. The second-order valence-electron chi connectivity index (χ2n) is 7.38. The maximum atomic E-state index is 6.33. The van der Waals surface area contributed by atoms with Gasteiger partial charge >= 0.3 is 0 Å². The topological polar surface area (TPSA) is 29.3 Å². The Kier molecular flexibility index (Phi) is 4.90. The lowest BCUT2D eigenvalue weighted by Gasteiger charge is -2.39. The minimum atomic E-state index is 0.135. The van der Waals surface area contributed by atoms with Gasteiger partial charge in [0.25, 0.3) is 0 Å². The first-order valence-electron chi connectivity index (χ1n) is 8.05. The molecule has 1 aliphatic heterocycles. The third-order valence-electron chi connectivity index (χ3n) is 4.60. The van der Waals surface area contributed by atoms with E-state index in [4.69, 9.17) is 5.73 Å². The molecule has 2 heteroatoms. The summed E-state index contributed by atoms with van der Waals surface area (Å²) in [6, 6.07) is 9.08. The molecule has 0 spiro atoms. The second-order valence-corrected chi connectivity index (χ2v) is 7.38. The summed E-state index contributed by atoms with van der Waals surface area (Å²) in [6.45, 7) is 13.3. The first-order chi connectivity index (χ1) is 9.80. The van der Waals surface area contributed by atoms with E-state index >= 15 is 0 Å². The van der Waals surface area contributed by atoms with E-state index in [9.17, 15) is 0 Å². The van der Waals surface area contributed by atoms with E-state index in [1.54, 1.807) is 5.57 Å². The number of hydrogen-bond acceptors (Lipinski definition) is 2. The van der Waals surface area contributed by atoms with E-state index in [1.807, 2.05) is 0 Å². The highest BCUT2D eigenvalue weighted by Gasteiger charge is 2.28. The molecule has 0 saturated heterocycles. The van der Waals surface area contributed by atoms with Crippen LogP contribution in [0.15, 0.2) is 35.9 Å². The van der Waals surface area contributed by atoms with Gasteiger partial charge < -0.3 is 5.73 Å². The van der Waals surface area contributed by atoms with Crippen molar-refractivity contribution in [2.24, 2.45) is 11.1 Å². The molecule has 0 saturated carbocycles. The van der Waals surface area contributed by atoms with E-state index in [0.717, 1.165) is 19.5 Å². The zero-order valence-electron chi connectivity index (χ0n) is 14.2. The lowest BCUT2D eigenvalue weighted by Crippen LogP contribution is -2.42. The van der Waals surface area contributed by atoms with Crippen molar-refractivity contribution in [1.82, 2.24) is 4.90 Å². The SMILES string of the molecule is Cc1ccccc1C(C(C)N)N1CC=C(C(C)(C)C)CC1.